The van der Waals surface area contributed by atoms with E-state index in [9.17, 15) is 22.8 Å². The minimum Gasteiger partial charge on any atom is -0.406 e. The third-order valence-corrected chi connectivity index (χ3v) is 8.16. The Hall–Kier alpha value is -3.07. The fourth-order valence-electron chi connectivity index (χ4n) is 6.00. The van der Waals surface area contributed by atoms with Crippen LogP contribution in [-0.4, -0.2) is 71.6 Å². The van der Waals surface area contributed by atoms with Crippen LogP contribution >= 0.6 is 0 Å². The Morgan fingerprint density at radius 3 is 2.05 bits per heavy atom. The Morgan fingerprint density at radius 2 is 1.50 bits per heavy atom. The maximum atomic E-state index is 13.6. The monoisotopic (exact) mass is 559 g/mol. The molecule has 218 valence electrons. The summed E-state index contributed by atoms with van der Waals surface area (Å²) in [4.78, 5) is 31.5. The SMILES string of the molecule is CC(=O)N1CCC(CC(=O)N2CCN(C(c3ccccc3)c3ccc(OC(F)(F)F)cc3)CC2C(C)(C)C)CC1. The van der Waals surface area contributed by atoms with E-state index in [2.05, 4.69) is 30.4 Å². The van der Waals surface area contributed by atoms with Gasteiger partial charge in [0.15, 0.2) is 0 Å². The Bertz CT molecular complexity index is 1140. The molecule has 4 rings (SSSR count). The zero-order valence-corrected chi connectivity index (χ0v) is 23.8. The molecule has 2 aromatic rings. The molecule has 0 aliphatic carbocycles. The first-order chi connectivity index (χ1) is 18.8. The number of piperazine rings is 1. The molecule has 2 atom stereocenters. The second-order valence-corrected chi connectivity index (χ2v) is 12.0. The number of piperidine rings is 1. The molecule has 2 aliphatic heterocycles. The van der Waals surface area contributed by atoms with E-state index in [0.717, 1.165) is 24.0 Å². The fourth-order valence-corrected chi connectivity index (χ4v) is 6.00. The number of alkyl halides is 3. The summed E-state index contributed by atoms with van der Waals surface area (Å²) in [6.45, 7) is 11.3. The number of hydrogen-bond donors (Lipinski definition) is 0. The molecule has 2 amide bonds. The number of ether oxygens (including phenoxy) is 1. The largest absolute Gasteiger partial charge is 0.573 e. The Balaban J connectivity index is 1.53. The van der Waals surface area contributed by atoms with Gasteiger partial charge in [0.05, 0.1) is 6.04 Å². The van der Waals surface area contributed by atoms with Crippen molar-refractivity contribution in [3.8, 4) is 5.75 Å². The number of nitrogens with zero attached hydrogens (tertiary/aromatic N) is 3. The molecule has 0 spiro atoms. The minimum atomic E-state index is -4.74. The molecule has 0 bridgehead atoms. The lowest BCUT2D eigenvalue weighted by Crippen LogP contribution is -2.60. The summed E-state index contributed by atoms with van der Waals surface area (Å²) in [6.07, 6.45) is -2.57. The number of likely N-dealkylation sites (tertiary alicyclic amines) is 1. The maximum absolute atomic E-state index is 13.6. The van der Waals surface area contributed by atoms with E-state index in [-0.39, 0.29) is 41.0 Å². The number of halogens is 3. The summed E-state index contributed by atoms with van der Waals surface area (Å²) in [5.41, 5.74) is 1.72. The highest BCUT2D eigenvalue weighted by Crippen LogP contribution is 2.36. The predicted octanol–water partition coefficient (Wildman–Crippen LogP) is 5.88. The standard InChI is InChI=1S/C31H40F3N3O3/c1-22(38)35-16-14-23(15-17-35)20-28(39)37-19-18-36(21-27(37)30(2,3)4)29(24-8-6-5-7-9-24)25-10-12-26(13-11-25)40-31(32,33)34/h5-13,23,27,29H,14-21H2,1-4H3. The minimum absolute atomic E-state index is 0.0369. The van der Waals surface area contributed by atoms with Crippen molar-refractivity contribution in [3.05, 3.63) is 65.7 Å². The van der Waals surface area contributed by atoms with E-state index in [1.54, 1.807) is 19.1 Å². The Kier molecular flexibility index (Phi) is 9.12. The van der Waals surface area contributed by atoms with Gasteiger partial charge in [-0.2, -0.15) is 0 Å². The van der Waals surface area contributed by atoms with Crippen molar-refractivity contribution >= 4 is 11.8 Å². The molecule has 0 saturated carbocycles. The normalized spacial score (nSPS) is 20.3. The maximum Gasteiger partial charge on any atom is 0.573 e. The Morgan fingerprint density at radius 1 is 0.900 bits per heavy atom. The van der Waals surface area contributed by atoms with Gasteiger partial charge in [-0.05, 0) is 47.4 Å². The molecule has 0 N–H and O–H groups in total. The van der Waals surface area contributed by atoms with Crippen molar-refractivity contribution in [1.29, 1.82) is 0 Å². The lowest BCUT2D eigenvalue weighted by Gasteiger charge is -2.50. The molecule has 2 unspecified atom stereocenters. The summed E-state index contributed by atoms with van der Waals surface area (Å²) in [7, 11) is 0. The van der Waals surface area contributed by atoms with E-state index in [1.165, 1.54) is 12.1 Å². The number of carbonyl (C=O) groups excluding carboxylic acids is 2. The van der Waals surface area contributed by atoms with Crippen LogP contribution in [0, 0.1) is 11.3 Å². The molecular formula is C31H40F3N3O3. The van der Waals surface area contributed by atoms with Crippen molar-refractivity contribution in [2.45, 2.75) is 65.4 Å². The van der Waals surface area contributed by atoms with E-state index in [1.807, 2.05) is 40.1 Å². The van der Waals surface area contributed by atoms with Gasteiger partial charge in [0, 0.05) is 52.1 Å². The molecule has 2 saturated heterocycles. The molecule has 0 radical (unpaired) electrons. The van der Waals surface area contributed by atoms with E-state index >= 15 is 0 Å². The predicted molar refractivity (Wildman–Crippen MR) is 148 cm³/mol. The van der Waals surface area contributed by atoms with Gasteiger partial charge in [-0.15, -0.1) is 13.2 Å². The van der Waals surface area contributed by atoms with Crippen LogP contribution in [0.1, 0.15) is 64.1 Å². The highest BCUT2D eigenvalue weighted by Gasteiger charge is 2.41. The number of rotatable bonds is 6. The lowest BCUT2D eigenvalue weighted by atomic mass is 9.82. The topological polar surface area (TPSA) is 53.1 Å². The molecular weight excluding hydrogens is 519 g/mol. The van der Waals surface area contributed by atoms with Gasteiger partial charge in [0.25, 0.3) is 0 Å². The van der Waals surface area contributed by atoms with Crippen molar-refractivity contribution in [2.75, 3.05) is 32.7 Å². The van der Waals surface area contributed by atoms with Crippen LogP contribution in [0.4, 0.5) is 13.2 Å². The van der Waals surface area contributed by atoms with Gasteiger partial charge in [0.2, 0.25) is 11.8 Å². The van der Waals surface area contributed by atoms with Crippen molar-refractivity contribution < 1.29 is 27.5 Å². The molecule has 6 nitrogen and oxygen atoms in total. The van der Waals surface area contributed by atoms with Crippen LogP contribution in [0.15, 0.2) is 54.6 Å². The Labute approximate surface area is 235 Å². The first-order valence-corrected chi connectivity index (χ1v) is 14.0. The van der Waals surface area contributed by atoms with Crippen molar-refractivity contribution in [3.63, 3.8) is 0 Å². The third-order valence-electron chi connectivity index (χ3n) is 8.16. The second kappa shape index (κ2) is 12.2. The van der Waals surface area contributed by atoms with Gasteiger partial charge < -0.3 is 14.5 Å². The van der Waals surface area contributed by atoms with E-state index < -0.39 is 6.36 Å². The average molecular weight is 560 g/mol. The first kappa shape index (κ1) is 29.9. The molecule has 9 heteroatoms. The number of hydrogen-bond acceptors (Lipinski definition) is 4. The van der Waals surface area contributed by atoms with Crippen LogP contribution in [0.2, 0.25) is 0 Å². The fraction of sp³-hybridized carbons (Fsp3) is 0.548. The molecule has 2 fully saturated rings. The quantitative estimate of drug-likeness (QED) is 0.444. The number of amides is 2. The van der Waals surface area contributed by atoms with Crippen molar-refractivity contribution in [1.82, 2.24) is 14.7 Å². The summed E-state index contributed by atoms with van der Waals surface area (Å²) in [5.74, 6) is 0.270. The van der Waals surface area contributed by atoms with Crippen molar-refractivity contribution in [2.24, 2.45) is 11.3 Å². The first-order valence-electron chi connectivity index (χ1n) is 14.0. The van der Waals surface area contributed by atoms with Gasteiger partial charge in [-0.1, -0.05) is 63.2 Å². The number of carbonyl (C=O) groups is 2. The smallest absolute Gasteiger partial charge is 0.406 e. The zero-order valence-electron chi connectivity index (χ0n) is 23.8. The lowest BCUT2D eigenvalue weighted by molar-refractivity contribution is -0.274. The van der Waals surface area contributed by atoms with Gasteiger partial charge >= 0.3 is 6.36 Å². The van der Waals surface area contributed by atoms with E-state index in [4.69, 9.17) is 0 Å². The molecule has 2 aliphatic rings. The van der Waals surface area contributed by atoms with Crippen LogP contribution in [0.5, 0.6) is 5.75 Å². The highest BCUT2D eigenvalue weighted by atomic mass is 19.4. The van der Waals surface area contributed by atoms with Crippen LogP contribution < -0.4 is 4.74 Å². The van der Waals surface area contributed by atoms with Crippen LogP contribution in [0.3, 0.4) is 0 Å². The third kappa shape index (κ3) is 7.56. The molecule has 40 heavy (non-hydrogen) atoms. The molecule has 2 heterocycles. The summed E-state index contributed by atoms with van der Waals surface area (Å²) < 4.78 is 42.3. The summed E-state index contributed by atoms with van der Waals surface area (Å²) >= 11 is 0. The zero-order chi connectivity index (χ0) is 29.1. The molecule has 0 aromatic heterocycles. The van der Waals surface area contributed by atoms with Crippen LogP contribution in [0.25, 0.3) is 0 Å². The van der Waals surface area contributed by atoms with Gasteiger partial charge in [0.1, 0.15) is 5.75 Å². The average Bonchev–Trinajstić information content (AvgIpc) is 2.89. The highest BCUT2D eigenvalue weighted by molar-refractivity contribution is 5.77. The van der Waals surface area contributed by atoms with Crippen LogP contribution in [-0.2, 0) is 9.59 Å². The number of benzene rings is 2. The van der Waals surface area contributed by atoms with Gasteiger partial charge in [-0.3, -0.25) is 14.5 Å². The molecule has 2 aromatic carbocycles. The van der Waals surface area contributed by atoms with E-state index in [0.29, 0.717) is 39.1 Å². The summed E-state index contributed by atoms with van der Waals surface area (Å²) in [5, 5.41) is 0. The van der Waals surface area contributed by atoms with Gasteiger partial charge in [-0.25, -0.2) is 0 Å². The summed E-state index contributed by atoms with van der Waals surface area (Å²) in [6, 6.07) is 15.8. The second-order valence-electron chi connectivity index (χ2n) is 12.0.